The van der Waals surface area contributed by atoms with Gasteiger partial charge in [0.15, 0.2) is 0 Å². The number of anilines is 1. The summed E-state index contributed by atoms with van der Waals surface area (Å²) in [6.45, 7) is 2.01. The third-order valence-electron chi connectivity index (χ3n) is 2.77. The van der Waals surface area contributed by atoms with E-state index in [2.05, 4.69) is 10.3 Å². The monoisotopic (exact) mass is 261 g/mol. The first-order chi connectivity index (χ1) is 8.68. The summed E-state index contributed by atoms with van der Waals surface area (Å²) in [6.07, 6.45) is 3.30. The van der Waals surface area contributed by atoms with Crippen molar-refractivity contribution < 1.29 is 4.79 Å². The SMILES string of the molecule is CC(c1cccs1)N(C)C(=O)Nc1cccnc1. The number of amides is 2. The fraction of sp³-hybridized carbons (Fsp3) is 0.231. The van der Waals surface area contributed by atoms with Gasteiger partial charge in [-0.15, -0.1) is 11.3 Å². The topological polar surface area (TPSA) is 45.2 Å². The van der Waals surface area contributed by atoms with Gasteiger partial charge >= 0.3 is 6.03 Å². The molecule has 0 aliphatic carbocycles. The summed E-state index contributed by atoms with van der Waals surface area (Å²) < 4.78 is 0. The number of rotatable bonds is 3. The molecule has 1 unspecified atom stereocenters. The largest absolute Gasteiger partial charge is 0.322 e. The highest BCUT2D eigenvalue weighted by atomic mass is 32.1. The number of thiophene rings is 1. The Morgan fingerprint density at radius 2 is 2.28 bits per heavy atom. The first-order valence-corrected chi connectivity index (χ1v) is 6.53. The van der Waals surface area contributed by atoms with Gasteiger partial charge in [0.05, 0.1) is 17.9 Å². The molecule has 0 radical (unpaired) electrons. The van der Waals surface area contributed by atoms with Gasteiger partial charge in [-0.25, -0.2) is 4.79 Å². The molecule has 2 heterocycles. The number of hydrogen-bond acceptors (Lipinski definition) is 3. The third kappa shape index (κ3) is 2.87. The van der Waals surface area contributed by atoms with E-state index in [9.17, 15) is 4.79 Å². The van der Waals surface area contributed by atoms with Crippen molar-refractivity contribution in [1.29, 1.82) is 0 Å². The van der Waals surface area contributed by atoms with Crippen LogP contribution in [0.5, 0.6) is 0 Å². The van der Waals surface area contributed by atoms with E-state index < -0.39 is 0 Å². The molecule has 0 aliphatic heterocycles. The molecular weight excluding hydrogens is 246 g/mol. The second-order valence-corrected chi connectivity index (χ2v) is 4.95. The Labute approximate surface area is 110 Å². The van der Waals surface area contributed by atoms with Crippen molar-refractivity contribution in [3.05, 3.63) is 46.9 Å². The van der Waals surface area contributed by atoms with Gasteiger partial charge in [-0.1, -0.05) is 6.07 Å². The summed E-state index contributed by atoms with van der Waals surface area (Å²) in [6, 6.07) is 7.55. The molecule has 0 fully saturated rings. The van der Waals surface area contributed by atoms with Gasteiger partial charge in [0.2, 0.25) is 0 Å². The highest BCUT2D eigenvalue weighted by Gasteiger charge is 2.17. The van der Waals surface area contributed by atoms with Crippen molar-refractivity contribution in [3.8, 4) is 0 Å². The Hall–Kier alpha value is -1.88. The number of nitrogens with one attached hydrogen (secondary N) is 1. The zero-order valence-electron chi connectivity index (χ0n) is 10.3. The fourth-order valence-corrected chi connectivity index (χ4v) is 2.37. The minimum atomic E-state index is -0.135. The quantitative estimate of drug-likeness (QED) is 0.920. The van der Waals surface area contributed by atoms with E-state index in [1.807, 2.05) is 30.5 Å². The van der Waals surface area contributed by atoms with Crippen LogP contribution in [0.25, 0.3) is 0 Å². The van der Waals surface area contributed by atoms with Crippen LogP contribution in [0.3, 0.4) is 0 Å². The van der Waals surface area contributed by atoms with Gasteiger partial charge in [0.25, 0.3) is 0 Å². The number of pyridine rings is 1. The number of hydrogen-bond donors (Lipinski definition) is 1. The second-order valence-electron chi connectivity index (χ2n) is 3.97. The molecule has 1 N–H and O–H groups in total. The van der Waals surface area contributed by atoms with Crippen LogP contribution in [-0.2, 0) is 0 Å². The van der Waals surface area contributed by atoms with Gasteiger partial charge in [0.1, 0.15) is 0 Å². The van der Waals surface area contributed by atoms with Crippen molar-refractivity contribution in [1.82, 2.24) is 9.88 Å². The molecule has 0 spiro atoms. The van der Waals surface area contributed by atoms with E-state index in [0.717, 1.165) is 0 Å². The maximum absolute atomic E-state index is 12.0. The predicted molar refractivity (Wildman–Crippen MR) is 73.8 cm³/mol. The summed E-state index contributed by atoms with van der Waals surface area (Å²) in [5, 5.41) is 4.83. The van der Waals surface area contributed by atoms with E-state index in [1.54, 1.807) is 41.7 Å². The highest BCUT2D eigenvalue weighted by molar-refractivity contribution is 7.10. The molecule has 2 aromatic rings. The zero-order chi connectivity index (χ0) is 13.0. The molecule has 0 aliphatic rings. The third-order valence-corrected chi connectivity index (χ3v) is 3.81. The molecule has 0 saturated carbocycles. The average molecular weight is 261 g/mol. The number of aromatic nitrogens is 1. The summed E-state index contributed by atoms with van der Waals surface area (Å²) in [5.74, 6) is 0. The average Bonchev–Trinajstić information content (AvgIpc) is 2.92. The van der Waals surface area contributed by atoms with Gasteiger partial charge in [-0.05, 0) is 30.5 Å². The van der Waals surface area contributed by atoms with Gasteiger partial charge in [-0.3, -0.25) is 4.98 Å². The molecule has 1 atom stereocenters. The predicted octanol–water partition coefficient (Wildman–Crippen LogP) is 3.37. The highest BCUT2D eigenvalue weighted by Crippen LogP contribution is 2.23. The number of carbonyl (C=O) groups is 1. The first-order valence-electron chi connectivity index (χ1n) is 5.65. The molecule has 0 bridgehead atoms. The Bertz CT molecular complexity index is 498. The standard InChI is InChI=1S/C13H15N3OS/c1-10(12-6-4-8-18-12)16(2)13(17)15-11-5-3-7-14-9-11/h3-10H,1-2H3,(H,15,17). The number of urea groups is 1. The molecule has 4 nitrogen and oxygen atoms in total. The van der Waals surface area contributed by atoms with Crippen molar-refractivity contribution in [3.63, 3.8) is 0 Å². The van der Waals surface area contributed by atoms with Crippen LogP contribution < -0.4 is 5.32 Å². The van der Waals surface area contributed by atoms with Crippen molar-refractivity contribution >= 4 is 23.1 Å². The molecule has 2 rings (SSSR count). The lowest BCUT2D eigenvalue weighted by Crippen LogP contribution is -2.33. The van der Waals surface area contributed by atoms with Crippen molar-refractivity contribution in [2.45, 2.75) is 13.0 Å². The maximum atomic E-state index is 12.0. The first kappa shape index (κ1) is 12.6. The molecule has 0 aromatic carbocycles. The molecule has 94 valence electrons. The van der Waals surface area contributed by atoms with Crippen molar-refractivity contribution in [2.75, 3.05) is 12.4 Å². The van der Waals surface area contributed by atoms with Crippen molar-refractivity contribution in [2.24, 2.45) is 0 Å². The van der Waals surface area contributed by atoms with Gasteiger partial charge < -0.3 is 10.2 Å². The molecule has 2 aromatic heterocycles. The zero-order valence-corrected chi connectivity index (χ0v) is 11.1. The lowest BCUT2D eigenvalue weighted by atomic mass is 10.2. The van der Waals surface area contributed by atoms with E-state index in [0.29, 0.717) is 5.69 Å². The Kier molecular flexibility index (Phi) is 3.94. The Balaban J connectivity index is 2.01. The summed E-state index contributed by atoms with van der Waals surface area (Å²) in [4.78, 5) is 18.8. The van der Waals surface area contributed by atoms with Crippen LogP contribution in [0.1, 0.15) is 17.8 Å². The van der Waals surface area contributed by atoms with Crippen LogP contribution in [0.15, 0.2) is 42.0 Å². The van der Waals surface area contributed by atoms with Gasteiger partial charge in [-0.2, -0.15) is 0 Å². The van der Waals surface area contributed by atoms with Crippen LogP contribution in [-0.4, -0.2) is 23.0 Å². The van der Waals surface area contributed by atoms with Gasteiger partial charge in [0, 0.05) is 18.1 Å². The number of nitrogens with zero attached hydrogens (tertiary/aromatic N) is 2. The van der Waals surface area contributed by atoms with Crippen LogP contribution in [0, 0.1) is 0 Å². The number of carbonyl (C=O) groups excluding carboxylic acids is 1. The molecule has 18 heavy (non-hydrogen) atoms. The Morgan fingerprint density at radius 3 is 2.89 bits per heavy atom. The molecule has 2 amide bonds. The minimum absolute atomic E-state index is 0.0571. The van der Waals surface area contributed by atoms with E-state index >= 15 is 0 Å². The lowest BCUT2D eigenvalue weighted by molar-refractivity contribution is 0.209. The van der Waals surface area contributed by atoms with E-state index in [4.69, 9.17) is 0 Å². The lowest BCUT2D eigenvalue weighted by Gasteiger charge is -2.24. The van der Waals surface area contributed by atoms with E-state index in [-0.39, 0.29) is 12.1 Å². The summed E-state index contributed by atoms with van der Waals surface area (Å²) in [7, 11) is 1.79. The molecular formula is C13H15N3OS. The second kappa shape index (κ2) is 5.64. The van der Waals surface area contributed by atoms with Crippen LogP contribution in [0.2, 0.25) is 0 Å². The molecule has 5 heteroatoms. The minimum Gasteiger partial charge on any atom is -0.320 e. The fourth-order valence-electron chi connectivity index (χ4n) is 1.54. The van der Waals surface area contributed by atoms with Crippen LogP contribution in [0.4, 0.5) is 10.5 Å². The van der Waals surface area contributed by atoms with E-state index in [1.165, 1.54) is 4.88 Å². The molecule has 0 saturated heterocycles. The smallest absolute Gasteiger partial charge is 0.320 e. The maximum Gasteiger partial charge on any atom is 0.322 e. The van der Waals surface area contributed by atoms with Crippen LogP contribution >= 0.6 is 11.3 Å². The summed E-state index contributed by atoms with van der Waals surface area (Å²) >= 11 is 1.65. The summed E-state index contributed by atoms with van der Waals surface area (Å²) in [5.41, 5.74) is 0.702. The normalized spacial score (nSPS) is 11.9. The Morgan fingerprint density at radius 1 is 1.44 bits per heavy atom.